The summed E-state index contributed by atoms with van der Waals surface area (Å²) in [5, 5.41) is 0. The molecule has 0 N–H and O–H groups in total. The molecular weight excluding hydrogens is 254 g/mol. The van der Waals surface area contributed by atoms with Crippen LogP contribution >= 0.6 is 0 Å². The van der Waals surface area contributed by atoms with E-state index in [1.807, 2.05) is 12.3 Å². The van der Waals surface area contributed by atoms with E-state index in [0.29, 0.717) is 12.0 Å². The van der Waals surface area contributed by atoms with E-state index >= 15 is 0 Å². The van der Waals surface area contributed by atoms with E-state index in [1.54, 1.807) is 0 Å². The molecule has 0 amide bonds. The van der Waals surface area contributed by atoms with E-state index in [1.165, 1.54) is 36.0 Å². The number of likely N-dealkylation sites (tertiary alicyclic amines) is 1. The van der Waals surface area contributed by atoms with Gasteiger partial charge in [-0.15, -0.1) is 6.58 Å². The van der Waals surface area contributed by atoms with Crippen LogP contribution in [-0.2, 0) is 6.42 Å². The predicted octanol–water partition coefficient (Wildman–Crippen LogP) is 5.22. The number of hydrogen-bond donors (Lipinski definition) is 0. The van der Waals surface area contributed by atoms with Crippen LogP contribution in [-0.4, -0.2) is 17.5 Å². The molecule has 2 atom stereocenters. The molecule has 1 saturated heterocycles. The van der Waals surface area contributed by atoms with Crippen molar-refractivity contribution in [1.82, 2.24) is 4.90 Å². The van der Waals surface area contributed by atoms with Gasteiger partial charge in [0.1, 0.15) is 0 Å². The maximum Gasteiger partial charge on any atom is 0.0290 e. The first-order valence-corrected chi connectivity index (χ1v) is 8.28. The highest BCUT2D eigenvalue weighted by atomic mass is 15.2. The minimum atomic E-state index is 0.659. The fourth-order valence-electron chi connectivity index (χ4n) is 3.53. The summed E-state index contributed by atoms with van der Waals surface area (Å²) in [5.41, 5.74) is 4.39. The van der Waals surface area contributed by atoms with Crippen LogP contribution in [0.15, 0.2) is 43.6 Å². The standard InChI is InChI=1S/C20H29N/c1-5-8-10-17-11-12-18(13-16(17)4)19-14-20(9-6-2)21(7-3)15-19/h5,7,11-13,19-20H,1,3,6,8-10,14-15H2,2,4H3. The summed E-state index contributed by atoms with van der Waals surface area (Å²) < 4.78 is 0. The molecule has 1 fully saturated rings. The Kier molecular flexibility index (Phi) is 5.67. The monoisotopic (exact) mass is 283 g/mol. The van der Waals surface area contributed by atoms with E-state index in [0.717, 1.165) is 19.4 Å². The number of allylic oxidation sites excluding steroid dienone is 1. The van der Waals surface area contributed by atoms with Crippen LogP contribution in [0.2, 0.25) is 0 Å². The molecule has 2 rings (SSSR count). The highest BCUT2D eigenvalue weighted by Gasteiger charge is 2.30. The molecule has 0 saturated carbocycles. The number of hydrogen-bond acceptors (Lipinski definition) is 1. The van der Waals surface area contributed by atoms with Crippen LogP contribution in [0.3, 0.4) is 0 Å². The third-order valence-corrected chi connectivity index (χ3v) is 4.77. The highest BCUT2D eigenvalue weighted by Crippen LogP contribution is 2.34. The third-order valence-electron chi connectivity index (χ3n) is 4.77. The maximum absolute atomic E-state index is 3.99. The molecule has 1 aliphatic heterocycles. The van der Waals surface area contributed by atoms with Gasteiger partial charge in [-0.1, -0.05) is 44.2 Å². The Hall–Kier alpha value is -1.50. The second-order valence-corrected chi connectivity index (χ2v) is 6.27. The Morgan fingerprint density at radius 1 is 1.33 bits per heavy atom. The molecule has 1 heteroatoms. The number of rotatable bonds is 7. The van der Waals surface area contributed by atoms with Crippen LogP contribution in [0.25, 0.3) is 0 Å². The molecule has 0 radical (unpaired) electrons. The average molecular weight is 283 g/mol. The molecule has 2 unspecified atom stereocenters. The lowest BCUT2D eigenvalue weighted by atomic mass is 9.91. The molecule has 1 nitrogen and oxygen atoms in total. The van der Waals surface area contributed by atoms with Gasteiger partial charge in [0, 0.05) is 18.5 Å². The van der Waals surface area contributed by atoms with Crippen molar-refractivity contribution in [2.75, 3.05) is 6.54 Å². The van der Waals surface area contributed by atoms with E-state index in [2.05, 4.69) is 50.1 Å². The second kappa shape index (κ2) is 7.49. The molecule has 0 aliphatic carbocycles. The molecule has 0 spiro atoms. The van der Waals surface area contributed by atoms with E-state index in [9.17, 15) is 0 Å². The van der Waals surface area contributed by atoms with Gasteiger partial charge in [0.15, 0.2) is 0 Å². The van der Waals surface area contributed by atoms with Crippen molar-refractivity contribution in [2.45, 2.75) is 57.9 Å². The average Bonchev–Trinajstić information content (AvgIpc) is 2.89. The molecule has 114 valence electrons. The van der Waals surface area contributed by atoms with Crippen molar-refractivity contribution in [3.63, 3.8) is 0 Å². The Balaban J connectivity index is 2.10. The summed E-state index contributed by atoms with van der Waals surface area (Å²) in [6, 6.07) is 7.74. The summed E-state index contributed by atoms with van der Waals surface area (Å²) >= 11 is 0. The Bertz CT molecular complexity index is 489. The Labute approximate surface area is 130 Å². The zero-order chi connectivity index (χ0) is 15.2. The summed E-state index contributed by atoms with van der Waals surface area (Å²) in [7, 11) is 0. The van der Waals surface area contributed by atoms with Gasteiger partial charge in [-0.2, -0.15) is 0 Å². The second-order valence-electron chi connectivity index (χ2n) is 6.27. The molecule has 0 aromatic heterocycles. The molecule has 1 aromatic carbocycles. The van der Waals surface area contributed by atoms with Gasteiger partial charge in [-0.3, -0.25) is 0 Å². The van der Waals surface area contributed by atoms with Crippen molar-refractivity contribution in [3.8, 4) is 0 Å². The Morgan fingerprint density at radius 2 is 2.14 bits per heavy atom. The molecular formula is C20H29N. The van der Waals surface area contributed by atoms with Gasteiger partial charge in [0.25, 0.3) is 0 Å². The highest BCUT2D eigenvalue weighted by molar-refractivity contribution is 5.34. The fraction of sp³-hybridized carbons (Fsp3) is 0.500. The normalized spacial score (nSPS) is 21.5. The van der Waals surface area contributed by atoms with Gasteiger partial charge in [0.05, 0.1) is 0 Å². The quantitative estimate of drug-likeness (QED) is 0.620. The molecule has 21 heavy (non-hydrogen) atoms. The van der Waals surface area contributed by atoms with Crippen molar-refractivity contribution < 1.29 is 0 Å². The van der Waals surface area contributed by atoms with Crippen LogP contribution < -0.4 is 0 Å². The summed E-state index contributed by atoms with van der Waals surface area (Å²) in [4.78, 5) is 2.44. The maximum atomic E-state index is 3.99. The van der Waals surface area contributed by atoms with Gasteiger partial charge in [0.2, 0.25) is 0 Å². The first-order valence-electron chi connectivity index (χ1n) is 8.28. The molecule has 0 bridgehead atoms. The lowest BCUT2D eigenvalue weighted by Crippen LogP contribution is -2.23. The van der Waals surface area contributed by atoms with Crippen LogP contribution in [0.5, 0.6) is 0 Å². The van der Waals surface area contributed by atoms with Crippen molar-refractivity contribution in [3.05, 3.63) is 60.3 Å². The SMILES string of the molecule is C=CCCc1ccc(C2CC(CCC)N(C=C)C2)cc1C. The predicted molar refractivity (Wildman–Crippen MR) is 92.7 cm³/mol. The lowest BCUT2D eigenvalue weighted by molar-refractivity contribution is 0.331. The third kappa shape index (κ3) is 3.78. The van der Waals surface area contributed by atoms with Gasteiger partial charge in [-0.25, -0.2) is 0 Å². The van der Waals surface area contributed by atoms with Crippen LogP contribution in [0, 0.1) is 6.92 Å². The fourth-order valence-corrected chi connectivity index (χ4v) is 3.53. The number of benzene rings is 1. The molecule has 1 heterocycles. The zero-order valence-corrected chi connectivity index (χ0v) is 13.6. The van der Waals surface area contributed by atoms with Crippen molar-refractivity contribution in [2.24, 2.45) is 0 Å². The van der Waals surface area contributed by atoms with Gasteiger partial charge >= 0.3 is 0 Å². The topological polar surface area (TPSA) is 3.24 Å². The van der Waals surface area contributed by atoms with Crippen LogP contribution in [0.4, 0.5) is 0 Å². The number of aryl methyl sites for hydroxylation is 2. The van der Waals surface area contributed by atoms with Crippen molar-refractivity contribution in [1.29, 1.82) is 0 Å². The van der Waals surface area contributed by atoms with Gasteiger partial charge in [-0.05, 0) is 55.5 Å². The Morgan fingerprint density at radius 3 is 2.76 bits per heavy atom. The minimum absolute atomic E-state index is 0.659. The summed E-state index contributed by atoms with van der Waals surface area (Å²) in [6.45, 7) is 13.4. The van der Waals surface area contributed by atoms with E-state index in [-0.39, 0.29) is 0 Å². The van der Waals surface area contributed by atoms with Gasteiger partial charge < -0.3 is 4.90 Å². The summed E-state index contributed by atoms with van der Waals surface area (Å²) in [6.07, 6.45) is 10.0. The van der Waals surface area contributed by atoms with E-state index in [4.69, 9.17) is 0 Å². The van der Waals surface area contributed by atoms with E-state index < -0.39 is 0 Å². The van der Waals surface area contributed by atoms with Crippen molar-refractivity contribution >= 4 is 0 Å². The molecule has 1 aromatic rings. The lowest BCUT2D eigenvalue weighted by Gasteiger charge is -2.21. The summed E-state index contributed by atoms with van der Waals surface area (Å²) in [5.74, 6) is 0.659. The smallest absolute Gasteiger partial charge is 0.0290 e. The first-order chi connectivity index (χ1) is 10.2. The minimum Gasteiger partial charge on any atom is -0.374 e. The first kappa shape index (κ1) is 15.9. The molecule has 1 aliphatic rings. The van der Waals surface area contributed by atoms with Crippen LogP contribution in [0.1, 0.15) is 55.2 Å². The largest absolute Gasteiger partial charge is 0.374 e. The zero-order valence-electron chi connectivity index (χ0n) is 13.6. The number of nitrogens with zero attached hydrogens (tertiary/aromatic N) is 1.